The van der Waals surface area contributed by atoms with Gasteiger partial charge in [0.2, 0.25) is 0 Å². The van der Waals surface area contributed by atoms with Gasteiger partial charge in [-0.2, -0.15) is 0 Å². The normalized spacial score (nSPS) is 12.2. The quantitative estimate of drug-likeness (QED) is 0.743. The van der Waals surface area contributed by atoms with E-state index in [4.69, 9.17) is 9.47 Å². The SMILES string of the molecule is O=C(Nc1ccc(OCc2ccccc2)cc1)c1ccc2c(c1)CCO2. The molecule has 0 spiro atoms. The van der Waals surface area contributed by atoms with Gasteiger partial charge in [0.05, 0.1) is 6.61 Å². The Labute approximate surface area is 152 Å². The lowest BCUT2D eigenvalue weighted by Crippen LogP contribution is -2.12. The predicted molar refractivity (Wildman–Crippen MR) is 101 cm³/mol. The molecule has 0 saturated carbocycles. The Morgan fingerprint density at radius 3 is 2.62 bits per heavy atom. The fourth-order valence-electron chi connectivity index (χ4n) is 2.91. The van der Waals surface area contributed by atoms with Gasteiger partial charge in [-0.05, 0) is 53.6 Å². The van der Waals surface area contributed by atoms with Gasteiger partial charge in [-0.1, -0.05) is 30.3 Å². The van der Waals surface area contributed by atoms with Crippen LogP contribution in [0.15, 0.2) is 72.8 Å². The number of rotatable bonds is 5. The van der Waals surface area contributed by atoms with Crippen molar-refractivity contribution in [2.75, 3.05) is 11.9 Å². The lowest BCUT2D eigenvalue weighted by molar-refractivity contribution is 0.102. The van der Waals surface area contributed by atoms with Gasteiger partial charge in [-0.25, -0.2) is 0 Å². The average Bonchev–Trinajstić information content (AvgIpc) is 3.16. The summed E-state index contributed by atoms with van der Waals surface area (Å²) in [7, 11) is 0. The van der Waals surface area contributed by atoms with Crippen LogP contribution < -0.4 is 14.8 Å². The Kier molecular flexibility index (Phi) is 4.56. The number of fused-ring (bicyclic) bond motifs is 1. The molecule has 4 rings (SSSR count). The van der Waals surface area contributed by atoms with E-state index in [2.05, 4.69) is 5.32 Å². The van der Waals surface area contributed by atoms with E-state index < -0.39 is 0 Å². The summed E-state index contributed by atoms with van der Waals surface area (Å²) in [5.74, 6) is 1.51. The standard InChI is InChI=1S/C22H19NO3/c24-22(18-6-11-21-17(14-18)12-13-25-21)23-19-7-9-20(10-8-19)26-15-16-4-2-1-3-5-16/h1-11,14H,12-13,15H2,(H,23,24). The molecule has 0 atom stereocenters. The third kappa shape index (κ3) is 3.70. The van der Waals surface area contributed by atoms with Gasteiger partial charge in [0.15, 0.2) is 0 Å². The van der Waals surface area contributed by atoms with Crippen LogP contribution in [-0.4, -0.2) is 12.5 Å². The second-order valence-corrected chi connectivity index (χ2v) is 6.17. The van der Waals surface area contributed by atoms with E-state index in [1.54, 1.807) is 6.07 Å². The molecule has 0 unspecified atom stereocenters. The van der Waals surface area contributed by atoms with Crippen molar-refractivity contribution in [3.05, 3.63) is 89.5 Å². The van der Waals surface area contributed by atoms with Crippen molar-refractivity contribution in [1.29, 1.82) is 0 Å². The highest BCUT2D eigenvalue weighted by Crippen LogP contribution is 2.26. The molecule has 0 bridgehead atoms. The maximum atomic E-state index is 12.4. The highest BCUT2D eigenvalue weighted by Gasteiger charge is 2.15. The molecular weight excluding hydrogens is 326 g/mol. The summed E-state index contributed by atoms with van der Waals surface area (Å²) >= 11 is 0. The predicted octanol–water partition coefficient (Wildman–Crippen LogP) is 4.45. The van der Waals surface area contributed by atoms with Crippen LogP contribution in [0.3, 0.4) is 0 Å². The van der Waals surface area contributed by atoms with Gasteiger partial charge in [-0.3, -0.25) is 4.79 Å². The van der Waals surface area contributed by atoms with E-state index in [9.17, 15) is 4.79 Å². The van der Waals surface area contributed by atoms with Crippen LogP contribution in [0.4, 0.5) is 5.69 Å². The molecule has 130 valence electrons. The zero-order valence-corrected chi connectivity index (χ0v) is 14.3. The Hall–Kier alpha value is -3.27. The van der Waals surface area contributed by atoms with Crippen LogP contribution in [0.25, 0.3) is 0 Å². The third-order valence-electron chi connectivity index (χ3n) is 4.31. The third-order valence-corrected chi connectivity index (χ3v) is 4.31. The number of hydrogen-bond donors (Lipinski definition) is 1. The van der Waals surface area contributed by atoms with Gasteiger partial charge in [0, 0.05) is 17.7 Å². The van der Waals surface area contributed by atoms with E-state index in [0.717, 1.165) is 34.7 Å². The molecule has 0 aliphatic carbocycles. The maximum Gasteiger partial charge on any atom is 0.255 e. The van der Waals surface area contributed by atoms with Crippen LogP contribution in [0, 0.1) is 0 Å². The number of carbonyl (C=O) groups is 1. The van der Waals surface area contributed by atoms with E-state index in [0.29, 0.717) is 18.8 Å². The lowest BCUT2D eigenvalue weighted by atomic mass is 10.1. The number of amides is 1. The summed E-state index contributed by atoms with van der Waals surface area (Å²) in [6, 6.07) is 22.9. The van der Waals surface area contributed by atoms with Crippen molar-refractivity contribution in [3.63, 3.8) is 0 Å². The number of nitrogens with one attached hydrogen (secondary N) is 1. The Bertz CT molecular complexity index is 904. The first-order valence-electron chi connectivity index (χ1n) is 8.62. The average molecular weight is 345 g/mol. The Balaban J connectivity index is 1.37. The van der Waals surface area contributed by atoms with Gasteiger partial charge in [-0.15, -0.1) is 0 Å². The Morgan fingerprint density at radius 2 is 1.81 bits per heavy atom. The van der Waals surface area contributed by atoms with E-state index in [1.165, 1.54) is 0 Å². The second kappa shape index (κ2) is 7.31. The van der Waals surface area contributed by atoms with Crippen LogP contribution in [0.2, 0.25) is 0 Å². The molecule has 4 nitrogen and oxygen atoms in total. The topological polar surface area (TPSA) is 47.6 Å². The van der Waals surface area contributed by atoms with Crippen LogP contribution in [0.5, 0.6) is 11.5 Å². The molecule has 1 aliphatic heterocycles. The monoisotopic (exact) mass is 345 g/mol. The molecule has 1 N–H and O–H groups in total. The van der Waals surface area contributed by atoms with E-state index in [1.807, 2.05) is 66.7 Å². The fourth-order valence-corrected chi connectivity index (χ4v) is 2.91. The first kappa shape index (κ1) is 16.2. The molecule has 0 aromatic heterocycles. The van der Waals surface area contributed by atoms with Crippen molar-refractivity contribution in [2.45, 2.75) is 13.0 Å². The van der Waals surface area contributed by atoms with Crippen molar-refractivity contribution < 1.29 is 14.3 Å². The summed E-state index contributed by atoms with van der Waals surface area (Å²) < 4.78 is 11.2. The summed E-state index contributed by atoms with van der Waals surface area (Å²) in [5, 5.41) is 2.92. The molecule has 1 aliphatic rings. The summed E-state index contributed by atoms with van der Waals surface area (Å²) in [5.41, 5.74) is 3.57. The maximum absolute atomic E-state index is 12.4. The van der Waals surface area contributed by atoms with Gasteiger partial charge >= 0.3 is 0 Å². The molecule has 0 saturated heterocycles. The van der Waals surface area contributed by atoms with Crippen molar-refractivity contribution >= 4 is 11.6 Å². The minimum Gasteiger partial charge on any atom is -0.493 e. The number of carbonyl (C=O) groups excluding carboxylic acids is 1. The van der Waals surface area contributed by atoms with Crippen molar-refractivity contribution in [1.82, 2.24) is 0 Å². The number of benzene rings is 3. The van der Waals surface area contributed by atoms with E-state index in [-0.39, 0.29) is 5.91 Å². The van der Waals surface area contributed by atoms with Crippen molar-refractivity contribution in [2.24, 2.45) is 0 Å². The zero-order valence-electron chi connectivity index (χ0n) is 14.3. The second-order valence-electron chi connectivity index (χ2n) is 6.17. The molecule has 0 radical (unpaired) electrons. The minimum atomic E-state index is -0.127. The highest BCUT2D eigenvalue weighted by molar-refractivity contribution is 6.04. The van der Waals surface area contributed by atoms with Crippen LogP contribution >= 0.6 is 0 Å². The molecule has 3 aromatic rings. The molecule has 0 fully saturated rings. The first-order chi connectivity index (χ1) is 12.8. The smallest absolute Gasteiger partial charge is 0.255 e. The van der Waals surface area contributed by atoms with Crippen LogP contribution in [-0.2, 0) is 13.0 Å². The van der Waals surface area contributed by atoms with Crippen LogP contribution in [0.1, 0.15) is 21.5 Å². The minimum absolute atomic E-state index is 0.127. The molecule has 1 amide bonds. The summed E-state index contributed by atoms with van der Waals surface area (Å²) in [6.45, 7) is 1.20. The first-order valence-corrected chi connectivity index (χ1v) is 8.62. The van der Waals surface area contributed by atoms with Gasteiger partial charge in [0.25, 0.3) is 5.91 Å². The molecule has 4 heteroatoms. The number of anilines is 1. The zero-order chi connectivity index (χ0) is 17.8. The summed E-state index contributed by atoms with van der Waals surface area (Å²) in [4.78, 5) is 12.4. The largest absolute Gasteiger partial charge is 0.493 e. The highest BCUT2D eigenvalue weighted by atomic mass is 16.5. The van der Waals surface area contributed by atoms with Gasteiger partial charge < -0.3 is 14.8 Å². The molecule has 3 aromatic carbocycles. The Morgan fingerprint density at radius 1 is 1.00 bits per heavy atom. The molecular formula is C22H19NO3. The van der Waals surface area contributed by atoms with Gasteiger partial charge in [0.1, 0.15) is 18.1 Å². The fraction of sp³-hybridized carbons (Fsp3) is 0.136. The molecule has 26 heavy (non-hydrogen) atoms. The van der Waals surface area contributed by atoms with E-state index >= 15 is 0 Å². The number of hydrogen-bond acceptors (Lipinski definition) is 3. The lowest BCUT2D eigenvalue weighted by Gasteiger charge is -2.09. The summed E-state index contributed by atoms with van der Waals surface area (Å²) in [6.07, 6.45) is 0.851. The van der Waals surface area contributed by atoms with Crippen molar-refractivity contribution in [3.8, 4) is 11.5 Å². The molecule has 1 heterocycles. The number of ether oxygens (including phenoxy) is 2.